The molecule has 24 heavy (non-hydrogen) atoms. The molecule has 0 unspecified atom stereocenters. The highest BCUT2D eigenvalue weighted by Gasteiger charge is 2.25. The first kappa shape index (κ1) is 16.6. The molecule has 0 saturated carbocycles. The normalized spacial score (nSPS) is 16.7. The average Bonchev–Trinajstić information content (AvgIpc) is 3.26. The van der Waals surface area contributed by atoms with Crippen LogP contribution >= 0.6 is 0 Å². The van der Waals surface area contributed by atoms with E-state index < -0.39 is 0 Å². The third-order valence-electron chi connectivity index (χ3n) is 4.04. The van der Waals surface area contributed by atoms with Crippen LogP contribution in [-0.2, 0) is 11.3 Å². The molecule has 1 saturated heterocycles. The van der Waals surface area contributed by atoms with E-state index >= 15 is 0 Å². The van der Waals surface area contributed by atoms with Crippen molar-refractivity contribution >= 4 is 6.03 Å². The number of amides is 2. The summed E-state index contributed by atoms with van der Waals surface area (Å²) in [7, 11) is 0. The molecule has 0 spiro atoms. The van der Waals surface area contributed by atoms with E-state index in [1.54, 1.807) is 12.3 Å². The van der Waals surface area contributed by atoms with Crippen LogP contribution in [0.2, 0.25) is 0 Å². The standard InChI is InChI=1S/C17H23N3O4/c1-13-4-5-16(24-13)15(20-6-9-22-10-7-20)12-19-17(21)18-11-14-3-2-8-23-14/h2-5,8,15H,6-7,9-12H2,1H3,(H2,18,19,21)/t15-/m1/s1. The van der Waals surface area contributed by atoms with E-state index in [1.807, 2.05) is 25.1 Å². The number of furan rings is 2. The summed E-state index contributed by atoms with van der Waals surface area (Å²) in [5.74, 6) is 2.45. The van der Waals surface area contributed by atoms with Gasteiger partial charge in [0.05, 0.1) is 32.1 Å². The Morgan fingerprint density at radius 1 is 1.25 bits per heavy atom. The summed E-state index contributed by atoms with van der Waals surface area (Å²) in [5.41, 5.74) is 0. The van der Waals surface area contributed by atoms with Gasteiger partial charge in [-0.1, -0.05) is 0 Å². The van der Waals surface area contributed by atoms with Crippen LogP contribution < -0.4 is 10.6 Å². The van der Waals surface area contributed by atoms with Crippen molar-refractivity contribution in [3.8, 4) is 0 Å². The number of rotatable bonds is 6. The van der Waals surface area contributed by atoms with E-state index in [0.717, 1.165) is 30.4 Å². The molecule has 0 aliphatic carbocycles. The zero-order valence-corrected chi connectivity index (χ0v) is 13.8. The Bertz CT molecular complexity index is 632. The van der Waals surface area contributed by atoms with E-state index in [2.05, 4.69) is 15.5 Å². The van der Waals surface area contributed by atoms with Crippen molar-refractivity contribution in [2.24, 2.45) is 0 Å². The molecule has 1 fully saturated rings. The van der Waals surface area contributed by atoms with Gasteiger partial charge in [-0.05, 0) is 31.2 Å². The summed E-state index contributed by atoms with van der Waals surface area (Å²) >= 11 is 0. The Morgan fingerprint density at radius 3 is 2.75 bits per heavy atom. The molecule has 1 aliphatic heterocycles. The first-order valence-electron chi connectivity index (χ1n) is 8.14. The number of nitrogens with one attached hydrogen (secondary N) is 2. The van der Waals surface area contributed by atoms with Crippen LogP contribution in [-0.4, -0.2) is 43.8 Å². The van der Waals surface area contributed by atoms with Gasteiger partial charge in [0.2, 0.25) is 0 Å². The maximum absolute atomic E-state index is 12.0. The summed E-state index contributed by atoms with van der Waals surface area (Å²) in [6.45, 7) is 5.78. The lowest BCUT2D eigenvalue weighted by Crippen LogP contribution is -2.45. The lowest BCUT2D eigenvalue weighted by Gasteiger charge is -2.33. The zero-order valence-electron chi connectivity index (χ0n) is 13.8. The van der Waals surface area contributed by atoms with Crippen LogP contribution in [0, 0.1) is 6.92 Å². The van der Waals surface area contributed by atoms with Crippen LogP contribution in [0.15, 0.2) is 39.4 Å². The van der Waals surface area contributed by atoms with E-state index in [9.17, 15) is 4.79 Å². The molecular formula is C17H23N3O4. The SMILES string of the molecule is Cc1ccc([C@@H](CNC(=O)NCc2ccco2)N2CCOCC2)o1. The third-order valence-corrected chi connectivity index (χ3v) is 4.04. The molecule has 130 valence electrons. The van der Waals surface area contributed by atoms with Gasteiger partial charge in [0, 0.05) is 19.6 Å². The monoisotopic (exact) mass is 333 g/mol. The second-order valence-corrected chi connectivity index (χ2v) is 5.76. The minimum Gasteiger partial charge on any atom is -0.467 e. The van der Waals surface area contributed by atoms with E-state index in [-0.39, 0.29) is 12.1 Å². The van der Waals surface area contributed by atoms with Crippen LogP contribution in [0.5, 0.6) is 0 Å². The molecule has 1 aliphatic rings. The number of carbonyl (C=O) groups excluding carboxylic acids is 1. The van der Waals surface area contributed by atoms with Crippen molar-refractivity contribution in [1.82, 2.24) is 15.5 Å². The second-order valence-electron chi connectivity index (χ2n) is 5.76. The summed E-state index contributed by atoms with van der Waals surface area (Å²) in [5, 5.41) is 5.70. The molecule has 2 N–H and O–H groups in total. The van der Waals surface area contributed by atoms with Crippen molar-refractivity contribution in [3.63, 3.8) is 0 Å². The minimum atomic E-state index is -0.229. The molecule has 0 bridgehead atoms. The van der Waals surface area contributed by atoms with E-state index in [1.165, 1.54) is 0 Å². The van der Waals surface area contributed by atoms with E-state index in [4.69, 9.17) is 13.6 Å². The Hall–Kier alpha value is -2.25. The number of hydrogen-bond donors (Lipinski definition) is 2. The Kier molecular flexibility index (Phi) is 5.55. The van der Waals surface area contributed by atoms with Gasteiger partial charge in [-0.15, -0.1) is 0 Å². The molecule has 0 radical (unpaired) electrons. The number of carbonyl (C=O) groups is 1. The summed E-state index contributed by atoms with van der Waals surface area (Å²) in [4.78, 5) is 14.3. The van der Waals surface area contributed by atoms with Gasteiger partial charge in [-0.25, -0.2) is 4.79 Å². The number of aryl methyl sites for hydroxylation is 1. The summed E-state index contributed by atoms with van der Waals surface area (Å²) in [6.07, 6.45) is 1.59. The van der Waals surface area contributed by atoms with E-state index in [0.29, 0.717) is 26.3 Å². The molecule has 3 rings (SSSR count). The fourth-order valence-corrected chi connectivity index (χ4v) is 2.76. The Labute approximate surface area is 140 Å². The lowest BCUT2D eigenvalue weighted by atomic mass is 10.1. The fourth-order valence-electron chi connectivity index (χ4n) is 2.76. The van der Waals surface area contributed by atoms with Gasteiger partial charge in [0.1, 0.15) is 17.3 Å². The number of nitrogens with zero attached hydrogens (tertiary/aromatic N) is 1. The number of morpholine rings is 1. The van der Waals surface area contributed by atoms with Gasteiger partial charge in [0.25, 0.3) is 0 Å². The van der Waals surface area contributed by atoms with Crippen molar-refractivity contribution in [1.29, 1.82) is 0 Å². The number of ether oxygens (including phenoxy) is 1. The second kappa shape index (κ2) is 8.03. The maximum atomic E-state index is 12.0. The molecular weight excluding hydrogens is 310 g/mol. The lowest BCUT2D eigenvalue weighted by molar-refractivity contribution is 0.0121. The molecule has 2 aromatic rings. The van der Waals surface area contributed by atoms with Crippen LogP contribution in [0.4, 0.5) is 4.79 Å². The van der Waals surface area contributed by atoms with Gasteiger partial charge in [-0.3, -0.25) is 4.90 Å². The van der Waals surface area contributed by atoms with Crippen molar-refractivity contribution < 1.29 is 18.4 Å². The third kappa shape index (κ3) is 4.39. The quantitative estimate of drug-likeness (QED) is 0.846. The molecule has 2 amide bonds. The number of hydrogen-bond acceptors (Lipinski definition) is 5. The molecule has 7 heteroatoms. The molecule has 1 atom stereocenters. The predicted molar refractivity (Wildman–Crippen MR) is 87.5 cm³/mol. The highest BCUT2D eigenvalue weighted by Crippen LogP contribution is 2.23. The van der Waals surface area contributed by atoms with Gasteiger partial charge < -0.3 is 24.2 Å². The average molecular weight is 333 g/mol. The summed E-state index contributed by atoms with van der Waals surface area (Å²) in [6, 6.07) is 7.30. The van der Waals surface area contributed by atoms with Gasteiger partial charge >= 0.3 is 6.03 Å². The van der Waals surface area contributed by atoms with Gasteiger partial charge in [-0.2, -0.15) is 0 Å². The first-order chi connectivity index (χ1) is 11.7. The Morgan fingerprint density at radius 2 is 2.08 bits per heavy atom. The zero-order chi connectivity index (χ0) is 16.8. The maximum Gasteiger partial charge on any atom is 0.315 e. The molecule has 0 aromatic carbocycles. The predicted octanol–water partition coefficient (Wildman–Crippen LogP) is 2.05. The van der Waals surface area contributed by atoms with Crippen LogP contribution in [0.25, 0.3) is 0 Å². The molecule has 7 nitrogen and oxygen atoms in total. The largest absolute Gasteiger partial charge is 0.467 e. The smallest absolute Gasteiger partial charge is 0.315 e. The first-order valence-corrected chi connectivity index (χ1v) is 8.14. The van der Waals surface area contributed by atoms with Crippen LogP contribution in [0.3, 0.4) is 0 Å². The van der Waals surface area contributed by atoms with Crippen molar-refractivity contribution in [3.05, 3.63) is 47.8 Å². The topological polar surface area (TPSA) is 79.9 Å². The van der Waals surface area contributed by atoms with Crippen LogP contribution in [0.1, 0.15) is 23.3 Å². The van der Waals surface area contributed by atoms with Crippen molar-refractivity contribution in [2.45, 2.75) is 19.5 Å². The van der Waals surface area contributed by atoms with Gasteiger partial charge in [0.15, 0.2) is 0 Å². The highest BCUT2D eigenvalue weighted by atomic mass is 16.5. The molecule has 3 heterocycles. The number of urea groups is 1. The highest BCUT2D eigenvalue weighted by molar-refractivity contribution is 5.73. The minimum absolute atomic E-state index is 0.00281. The Balaban J connectivity index is 1.55. The summed E-state index contributed by atoms with van der Waals surface area (Å²) < 4.78 is 16.4. The van der Waals surface area contributed by atoms with Crippen molar-refractivity contribution in [2.75, 3.05) is 32.8 Å². The fraction of sp³-hybridized carbons (Fsp3) is 0.471. The molecule has 2 aromatic heterocycles.